The SMILES string of the molecule is CCC/C=C\CCCCCCCC(=O)NC(CO)C(O)/C=C/CC/C=C/CC/C=C/CCCC. The Hall–Kier alpha value is -1.65. The lowest BCUT2D eigenvalue weighted by Gasteiger charge is -2.19. The molecule has 0 radical (unpaired) electrons. The fourth-order valence-corrected chi connectivity index (χ4v) is 3.55. The van der Waals surface area contributed by atoms with E-state index in [1.165, 1.54) is 44.9 Å². The number of allylic oxidation sites excluding steroid dienone is 7. The number of carbonyl (C=O) groups is 1. The molecule has 0 heterocycles. The Labute approximate surface area is 210 Å². The quantitative estimate of drug-likeness (QED) is 0.107. The highest BCUT2D eigenvalue weighted by atomic mass is 16.3. The van der Waals surface area contributed by atoms with Gasteiger partial charge in [0.15, 0.2) is 0 Å². The molecule has 0 bridgehead atoms. The summed E-state index contributed by atoms with van der Waals surface area (Å²) >= 11 is 0. The Kier molecular flexibility index (Phi) is 24.7. The van der Waals surface area contributed by atoms with Crippen molar-refractivity contribution in [1.29, 1.82) is 0 Å². The molecule has 0 aliphatic carbocycles. The largest absolute Gasteiger partial charge is 0.394 e. The third-order valence-electron chi connectivity index (χ3n) is 5.74. The molecule has 0 saturated heterocycles. The molecular formula is C30H53NO3. The number of amides is 1. The van der Waals surface area contributed by atoms with Crippen LogP contribution in [0.5, 0.6) is 0 Å². The zero-order valence-electron chi connectivity index (χ0n) is 22.1. The lowest BCUT2D eigenvalue weighted by atomic mass is 10.1. The molecule has 0 spiro atoms. The van der Waals surface area contributed by atoms with Gasteiger partial charge >= 0.3 is 0 Å². The summed E-state index contributed by atoms with van der Waals surface area (Å²) in [4.78, 5) is 12.1. The van der Waals surface area contributed by atoms with Gasteiger partial charge in [0.1, 0.15) is 0 Å². The summed E-state index contributed by atoms with van der Waals surface area (Å²) in [6.07, 6.45) is 33.2. The van der Waals surface area contributed by atoms with Crippen molar-refractivity contribution < 1.29 is 15.0 Å². The normalized spacial score (nSPS) is 14.1. The molecule has 3 N–H and O–H groups in total. The van der Waals surface area contributed by atoms with Crippen molar-refractivity contribution in [1.82, 2.24) is 5.32 Å². The van der Waals surface area contributed by atoms with Crippen molar-refractivity contribution >= 4 is 5.91 Å². The molecule has 0 rings (SSSR count). The number of aliphatic hydroxyl groups excluding tert-OH is 2. The third-order valence-corrected chi connectivity index (χ3v) is 5.74. The van der Waals surface area contributed by atoms with E-state index in [1.807, 2.05) is 6.08 Å². The summed E-state index contributed by atoms with van der Waals surface area (Å²) in [7, 11) is 0. The number of hydrogen-bond donors (Lipinski definition) is 3. The van der Waals surface area contributed by atoms with Crippen LogP contribution in [0, 0.1) is 0 Å². The minimum atomic E-state index is -0.869. The Balaban J connectivity index is 3.85. The lowest BCUT2D eigenvalue weighted by Crippen LogP contribution is -2.45. The topological polar surface area (TPSA) is 69.6 Å². The van der Waals surface area contributed by atoms with Gasteiger partial charge in [-0.2, -0.15) is 0 Å². The van der Waals surface area contributed by atoms with Gasteiger partial charge in [0.25, 0.3) is 0 Å². The highest BCUT2D eigenvalue weighted by molar-refractivity contribution is 5.76. The predicted octanol–water partition coefficient (Wildman–Crippen LogP) is 7.33. The average molecular weight is 476 g/mol. The Morgan fingerprint density at radius 1 is 0.676 bits per heavy atom. The zero-order chi connectivity index (χ0) is 25.1. The van der Waals surface area contributed by atoms with Gasteiger partial charge in [-0.05, 0) is 57.8 Å². The Morgan fingerprint density at radius 2 is 1.21 bits per heavy atom. The van der Waals surface area contributed by atoms with E-state index in [9.17, 15) is 15.0 Å². The van der Waals surface area contributed by atoms with E-state index >= 15 is 0 Å². The van der Waals surface area contributed by atoms with Gasteiger partial charge in [-0.3, -0.25) is 4.79 Å². The molecule has 0 aromatic heterocycles. The molecule has 0 aromatic carbocycles. The van der Waals surface area contributed by atoms with Crippen LogP contribution in [-0.2, 0) is 4.79 Å². The highest BCUT2D eigenvalue weighted by Gasteiger charge is 2.17. The van der Waals surface area contributed by atoms with Gasteiger partial charge in [0, 0.05) is 6.42 Å². The first kappa shape index (κ1) is 32.4. The summed E-state index contributed by atoms with van der Waals surface area (Å²) in [6.45, 7) is 4.13. The van der Waals surface area contributed by atoms with Crippen LogP contribution < -0.4 is 5.32 Å². The minimum Gasteiger partial charge on any atom is -0.394 e. The second-order valence-corrected chi connectivity index (χ2v) is 9.08. The summed E-state index contributed by atoms with van der Waals surface area (Å²) in [5, 5.41) is 22.6. The number of nitrogens with one attached hydrogen (secondary N) is 1. The molecule has 1 amide bonds. The van der Waals surface area contributed by atoms with Gasteiger partial charge in [0.05, 0.1) is 18.8 Å². The number of unbranched alkanes of at least 4 members (excludes halogenated alkanes) is 10. The van der Waals surface area contributed by atoms with E-state index in [0.29, 0.717) is 6.42 Å². The van der Waals surface area contributed by atoms with Gasteiger partial charge in [0.2, 0.25) is 5.91 Å². The maximum Gasteiger partial charge on any atom is 0.220 e. The second kappa shape index (κ2) is 26.0. The number of aliphatic hydroxyl groups is 2. The molecule has 0 fully saturated rings. The maximum atomic E-state index is 12.1. The van der Waals surface area contributed by atoms with Crippen LogP contribution in [0.2, 0.25) is 0 Å². The first-order valence-corrected chi connectivity index (χ1v) is 13.9. The molecule has 2 atom stereocenters. The first-order chi connectivity index (χ1) is 16.7. The smallest absolute Gasteiger partial charge is 0.220 e. The fourth-order valence-electron chi connectivity index (χ4n) is 3.55. The van der Waals surface area contributed by atoms with E-state index in [1.54, 1.807) is 6.08 Å². The van der Waals surface area contributed by atoms with E-state index in [2.05, 4.69) is 55.6 Å². The monoisotopic (exact) mass is 475 g/mol. The minimum absolute atomic E-state index is 0.0966. The number of carbonyl (C=O) groups excluding carboxylic acids is 1. The van der Waals surface area contributed by atoms with Crippen molar-refractivity contribution in [3.8, 4) is 0 Å². The van der Waals surface area contributed by atoms with Gasteiger partial charge in [-0.1, -0.05) is 101 Å². The van der Waals surface area contributed by atoms with Gasteiger partial charge < -0.3 is 15.5 Å². The Bertz CT molecular complexity index is 565. The van der Waals surface area contributed by atoms with Crippen LogP contribution in [0.25, 0.3) is 0 Å². The van der Waals surface area contributed by atoms with Crippen LogP contribution in [-0.4, -0.2) is 34.9 Å². The summed E-state index contributed by atoms with van der Waals surface area (Å²) in [5.41, 5.74) is 0. The highest BCUT2D eigenvalue weighted by Crippen LogP contribution is 2.09. The molecule has 0 aliphatic rings. The van der Waals surface area contributed by atoms with Gasteiger partial charge in [-0.15, -0.1) is 0 Å². The molecule has 0 aliphatic heterocycles. The van der Waals surface area contributed by atoms with Gasteiger partial charge in [-0.25, -0.2) is 0 Å². The summed E-state index contributed by atoms with van der Waals surface area (Å²) in [6, 6.07) is -0.645. The van der Waals surface area contributed by atoms with Crippen LogP contribution in [0.15, 0.2) is 48.6 Å². The lowest BCUT2D eigenvalue weighted by molar-refractivity contribution is -0.123. The predicted molar refractivity (Wildman–Crippen MR) is 147 cm³/mol. The van der Waals surface area contributed by atoms with E-state index in [-0.39, 0.29) is 12.5 Å². The molecule has 0 aromatic rings. The van der Waals surface area contributed by atoms with Crippen LogP contribution >= 0.6 is 0 Å². The van der Waals surface area contributed by atoms with Crippen molar-refractivity contribution in [2.24, 2.45) is 0 Å². The van der Waals surface area contributed by atoms with Crippen molar-refractivity contribution in [3.05, 3.63) is 48.6 Å². The molecular weight excluding hydrogens is 422 g/mol. The zero-order valence-corrected chi connectivity index (χ0v) is 22.1. The maximum absolute atomic E-state index is 12.1. The van der Waals surface area contributed by atoms with E-state index in [4.69, 9.17) is 0 Å². The first-order valence-electron chi connectivity index (χ1n) is 13.9. The molecule has 0 saturated carbocycles. The molecule has 196 valence electrons. The molecule has 4 heteroatoms. The van der Waals surface area contributed by atoms with Crippen LogP contribution in [0.4, 0.5) is 0 Å². The molecule has 2 unspecified atom stereocenters. The summed E-state index contributed by atoms with van der Waals surface area (Å²) in [5.74, 6) is -0.0966. The summed E-state index contributed by atoms with van der Waals surface area (Å²) < 4.78 is 0. The van der Waals surface area contributed by atoms with Crippen molar-refractivity contribution in [2.75, 3.05) is 6.61 Å². The number of hydrogen-bond acceptors (Lipinski definition) is 3. The standard InChI is InChI=1S/C30H53NO3/c1-3-5-7-9-11-13-15-16-17-19-21-23-25-29(33)28(27-32)31-30(34)26-24-22-20-18-14-12-10-8-6-4-2/h8-11,16-17,23,25,28-29,32-33H,3-7,12-15,18-22,24,26-27H2,1-2H3,(H,31,34)/b10-8-,11-9+,17-16+,25-23+. The van der Waals surface area contributed by atoms with E-state index in [0.717, 1.165) is 51.4 Å². The van der Waals surface area contributed by atoms with Crippen molar-refractivity contribution in [3.63, 3.8) is 0 Å². The third kappa shape index (κ3) is 22.2. The molecule has 34 heavy (non-hydrogen) atoms. The van der Waals surface area contributed by atoms with E-state index < -0.39 is 12.1 Å². The average Bonchev–Trinajstić information content (AvgIpc) is 2.84. The van der Waals surface area contributed by atoms with Crippen molar-refractivity contribution in [2.45, 2.75) is 129 Å². The fraction of sp³-hybridized carbons (Fsp3) is 0.700. The van der Waals surface area contributed by atoms with Crippen LogP contribution in [0.1, 0.15) is 117 Å². The second-order valence-electron chi connectivity index (χ2n) is 9.08. The Morgan fingerprint density at radius 3 is 1.82 bits per heavy atom. The number of rotatable bonds is 23. The van der Waals surface area contributed by atoms with Crippen LogP contribution in [0.3, 0.4) is 0 Å². The molecule has 4 nitrogen and oxygen atoms in total.